The molecule has 0 aliphatic heterocycles. The molecule has 0 saturated heterocycles. The molecule has 4 nitrogen and oxygen atoms in total. The van der Waals surface area contributed by atoms with Gasteiger partial charge in [-0.05, 0) is 49.2 Å². The van der Waals surface area contributed by atoms with E-state index in [2.05, 4.69) is 10.3 Å². The molecule has 0 aliphatic carbocycles. The third-order valence-electron chi connectivity index (χ3n) is 2.68. The first-order valence-electron chi connectivity index (χ1n) is 5.70. The van der Waals surface area contributed by atoms with Gasteiger partial charge in [0.1, 0.15) is 5.75 Å². The SMILES string of the molecule is Cc1cnc(Cl)c(NC(=O)c2ccc(O)c(C)c2)c1. The number of aromatic hydroxyl groups is 1. The van der Waals surface area contributed by atoms with Crippen molar-refractivity contribution in [3.05, 3.63) is 52.3 Å². The van der Waals surface area contributed by atoms with Gasteiger partial charge < -0.3 is 10.4 Å². The largest absolute Gasteiger partial charge is 0.508 e. The molecule has 2 rings (SSSR count). The molecule has 0 atom stereocenters. The highest BCUT2D eigenvalue weighted by molar-refractivity contribution is 6.32. The first kappa shape index (κ1) is 13.4. The van der Waals surface area contributed by atoms with Crippen molar-refractivity contribution >= 4 is 23.2 Å². The molecule has 2 aromatic rings. The maximum Gasteiger partial charge on any atom is 0.255 e. The minimum absolute atomic E-state index is 0.159. The van der Waals surface area contributed by atoms with Gasteiger partial charge in [0.15, 0.2) is 5.15 Å². The van der Waals surface area contributed by atoms with Crippen LogP contribution in [0.3, 0.4) is 0 Å². The molecule has 0 radical (unpaired) electrons. The lowest BCUT2D eigenvalue weighted by Gasteiger charge is -2.08. The van der Waals surface area contributed by atoms with E-state index in [1.54, 1.807) is 31.3 Å². The fourth-order valence-corrected chi connectivity index (χ4v) is 1.78. The van der Waals surface area contributed by atoms with E-state index >= 15 is 0 Å². The van der Waals surface area contributed by atoms with E-state index in [-0.39, 0.29) is 16.8 Å². The Labute approximate surface area is 116 Å². The van der Waals surface area contributed by atoms with Crippen molar-refractivity contribution in [2.45, 2.75) is 13.8 Å². The zero-order chi connectivity index (χ0) is 14.0. The standard InChI is InChI=1S/C14H13ClN2O2/c1-8-5-11(13(15)16-7-8)17-14(19)10-3-4-12(18)9(2)6-10/h3-7,18H,1-2H3,(H,17,19). The van der Waals surface area contributed by atoms with Crippen LogP contribution in [0.2, 0.25) is 5.15 Å². The smallest absolute Gasteiger partial charge is 0.255 e. The summed E-state index contributed by atoms with van der Waals surface area (Å²) in [5, 5.41) is 12.4. The van der Waals surface area contributed by atoms with Gasteiger partial charge in [0, 0.05) is 11.8 Å². The van der Waals surface area contributed by atoms with Crippen LogP contribution in [0.5, 0.6) is 5.75 Å². The van der Waals surface area contributed by atoms with Crippen LogP contribution in [0.1, 0.15) is 21.5 Å². The Morgan fingerprint density at radius 3 is 2.74 bits per heavy atom. The number of hydrogen-bond acceptors (Lipinski definition) is 3. The van der Waals surface area contributed by atoms with Crippen LogP contribution in [-0.2, 0) is 0 Å². The minimum Gasteiger partial charge on any atom is -0.508 e. The number of pyridine rings is 1. The second kappa shape index (κ2) is 5.28. The number of nitrogens with zero attached hydrogens (tertiary/aromatic N) is 1. The van der Waals surface area contributed by atoms with Crippen LogP contribution in [0.25, 0.3) is 0 Å². The van der Waals surface area contributed by atoms with Crippen molar-refractivity contribution in [2.24, 2.45) is 0 Å². The second-order valence-electron chi connectivity index (χ2n) is 4.31. The number of carbonyl (C=O) groups is 1. The van der Waals surface area contributed by atoms with Gasteiger partial charge in [0.25, 0.3) is 5.91 Å². The number of aryl methyl sites for hydroxylation is 2. The number of carbonyl (C=O) groups excluding carboxylic acids is 1. The van der Waals surface area contributed by atoms with Crippen molar-refractivity contribution in [1.82, 2.24) is 4.98 Å². The average molecular weight is 277 g/mol. The predicted molar refractivity (Wildman–Crippen MR) is 74.8 cm³/mol. The normalized spacial score (nSPS) is 10.3. The number of amides is 1. The Balaban J connectivity index is 2.25. The summed E-state index contributed by atoms with van der Waals surface area (Å²) in [5.41, 5.74) is 2.47. The summed E-state index contributed by atoms with van der Waals surface area (Å²) in [6, 6.07) is 6.40. The molecule has 19 heavy (non-hydrogen) atoms. The molecule has 0 bridgehead atoms. The highest BCUT2D eigenvalue weighted by Gasteiger charge is 2.10. The first-order valence-corrected chi connectivity index (χ1v) is 6.08. The fraction of sp³-hybridized carbons (Fsp3) is 0.143. The number of phenols is 1. The van der Waals surface area contributed by atoms with Crippen LogP contribution in [0.15, 0.2) is 30.5 Å². The summed E-state index contributed by atoms with van der Waals surface area (Å²) in [5.74, 6) is -0.135. The number of hydrogen-bond donors (Lipinski definition) is 2. The number of phenolic OH excluding ortho intramolecular Hbond substituents is 1. The predicted octanol–water partition coefficient (Wildman–Crippen LogP) is 3.31. The number of nitrogens with one attached hydrogen (secondary N) is 1. The van der Waals surface area contributed by atoms with E-state index in [9.17, 15) is 9.90 Å². The van der Waals surface area contributed by atoms with Crippen molar-refractivity contribution < 1.29 is 9.90 Å². The third kappa shape index (κ3) is 3.03. The highest BCUT2D eigenvalue weighted by Crippen LogP contribution is 2.22. The molecule has 5 heteroatoms. The van der Waals surface area contributed by atoms with E-state index in [0.717, 1.165) is 5.56 Å². The number of anilines is 1. The highest BCUT2D eigenvalue weighted by atomic mass is 35.5. The summed E-state index contributed by atoms with van der Waals surface area (Å²) in [4.78, 5) is 16.0. The third-order valence-corrected chi connectivity index (χ3v) is 2.98. The Morgan fingerprint density at radius 2 is 2.05 bits per heavy atom. The van der Waals surface area contributed by atoms with E-state index in [4.69, 9.17) is 11.6 Å². The van der Waals surface area contributed by atoms with Crippen molar-refractivity contribution in [2.75, 3.05) is 5.32 Å². The summed E-state index contributed by atoms with van der Waals surface area (Å²) in [7, 11) is 0. The van der Waals surface area contributed by atoms with E-state index < -0.39 is 0 Å². The van der Waals surface area contributed by atoms with Crippen LogP contribution in [0.4, 0.5) is 5.69 Å². The lowest BCUT2D eigenvalue weighted by atomic mass is 10.1. The summed E-state index contributed by atoms with van der Waals surface area (Å²) in [6.07, 6.45) is 1.63. The molecule has 0 fully saturated rings. The van der Waals surface area contributed by atoms with E-state index in [0.29, 0.717) is 16.8 Å². The topological polar surface area (TPSA) is 62.2 Å². The summed E-state index contributed by atoms with van der Waals surface area (Å²) < 4.78 is 0. The molecule has 1 aromatic heterocycles. The lowest BCUT2D eigenvalue weighted by Crippen LogP contribution is -2.12. The molecule has 1 heterocycles. The van der Waals surface area contributed by atoms with Gasteiger partial charge >= 0.3 is 0 Å². The molecule has 0 saturated carbocycles. The first-order chi connectivity index (χ1) is 8.97. The molecule has 0 aliphatic rings. The van der Waals surface area contributed by atoms with Crippen LogP contribution in [-0.4, -0.2) is 16.0 Å². The number of benzene rings is 1. The van der Waals surface area contributed by atoms with E-state index in [1.807, 2.05) is 6.92 Å². The monoisotopic (exact) mass is 276 g/mol. The van der Waals surface area contributed by atoms with Gasteiger partial charge in [0.2, 0.25) is 0 Å². The molecule has 0 spiro atoms. The van der Waals surface area contributed by atoms with Crippen molar-refractivity contribution in [3.8, 4) is 5.75 Å². The molecule has 2 N–H and O–H groups in total. The zero-order valence-electron chi connectivity index (χ0n) is 10.6. The fourth-order valence-electron chi connectivity index (χ4n) is 1.63. The van der Waals surface area contributed by atoms with Gasteiger partial charge in [-0.1, -0.05) is 11.6 Å². The molecule has 1 amide bonds. The maximum atomic E-state index is 12.1. The summed E-state index contributed by atoms with van der Waals surface area (Å²) >= 11 is 5.92. The van der Waals surface area contributed by atoms with E-state index in [1.165, 1.54) is 6.07 Å². The number of rotatable bonds is 2. The molecular weight excluding hydrogens is 264 g/mol. The Hall–Kier alpha value is -2.07. The van der Waals surface area contributed by atoms with Gasteiger partial charge in [-0.3, -0.25) is 4.79 Å². The van der Waals surface area contributed by atoms with Gasteiger partial charge in [-0.2, -0.15) is 0 Å². The Morgan fingerprint density at radius 1 is 1.32 bits per heavy atom. The minimum atomic E-state index is -0.294. The Bertz CT molecular complexity index is 641. The van der Waals surface area contributed by atoms with Crippen LogP contribution >= 0.6 is 11.6 Å². The average Bonchev–Trinajstić information content (AvgIpc) is 2.37. The van der Waals surface area contributed by atoms with Crippen molar-refractivity contribution in [1.29, 1.82) is 0 Å². The summed E-state index contributed by atoms with van der Waals surface area (Å²) in [6.45, 7) is 3.59. The quantitative estimate of drug-likeness (QED) is 0.827. The maximum absolute atomic E-state index is 12.1. The molecule has 1 aromatic carbocycles. The second-order valence-corrected chi connectivity index (χ2v) is 4.66. The number of aromatic nitrogens is 1. The van der Waals surface area contributed by atoms with Crippen molar-refractivity contribution in [3.63, 3.8) is 0 Å². The molecule has 98 valence electrons. The molecule has 0 unspecified atom stereocenters. The van der Waals surface area contributed by atoms with Gasteiger partial charge in [0.05, 0.1) is 5.69 Å². The van der Waals surface area contributed by atoms with Gasteiger partial charge in [-0.15, -0.1) is 0 Å². The zero-order valence-corrected chi connectivity index (χ0v) is 11.3. The number of halogens is 1. The lowest BCUT2D eigenvalue weighted by molar-refractivity contribution is 0.102. The van der Waals surface area contributed by atoms with Gasteiger partial charge in [-0.25, -0.2) is 4.98 Å². The van der Waals surface area contributed by atoms with Crippen LogP contribution in [0, 0.1) is 13.8 Å². The Kier molecular flexibility index (Phi) is 3.71. The van der Waals surface area contributed by atoms with Crippen LogP contribution < -0.4 is 5.32 Å². The molecular formula is C14H13ClN2O2.